The van der Waals surface area contributed by atoms with Crippen LogP contribution >= 0.6 is 0 Å². The van der Waals surface area contributed by atoms with Crippen LogP contribution in [0.25, 0.3) is 5.65 Å². The zero-order valence-corrected chi connectivity index (χ0v) is 12.7. The predicted molar refractivity (Wildman–Crippen MR) is 84.0 cm³/mol. The quantitative estimate of drug-likeness (QED) is 0.735. The van der Waals surface area contributed by atoms with E-state index in [1.54, 1.807) is 0 Å². The van der Waals surface area contributed by atoms with Gasteiger partial charge in [0.2, 0.25) is 0 Å². The molecule has 21 heavy (non-hydrogen) atoms. The van der Waals surface area contributed by atoms with Gasteiger partial charge in [0, 0.05) is 31.2 Å². The van der Waals surface area contributed by atoms with Gasteiger partial charge >= 0.3 is 0 Å². The summed E-state index contributed by atoms with van der Waals surface area (Å²) in [5.41, 5.74) is 4.72. The van der Waals surface area contributed by atoms with Crippen LogP contribution in [0, 0.1) is 6.92 Å². The second kappa shape index (κ2) is 5.66. The molecule has 4 nitrogen and oxygen atoms in total. The third kappa shape index (κ3) is 2.81. The lowest BCUT2D eigenvalue weighted by Crippen LogP contribution is -2.22. The summed E-state index contributed by atoms with van der Waals surface area (Å²) in [6, 6.07) is 8.63. The maximum absolute atomic E-state index is 4.47. The molecule has 0 fully saturated rings. The molecule has 0 aromatic carbocycles. The van der Waals surface area contributed by atoms with E-state index in [-0.39, 0.29) is 0 Å². The molecule has 0 unspecified atom stereocenters. The summed E-state index contributed by atoms with van der Waals surface area (Å²) >= 11 is 0. The number of fused-ring (bicyclic) bond motifs is 1. The Morgan fingerprint density at radius 2 is 1.95 bits per heavy atom. The molecular weight excluding hydrogens is 260 g/mol. The number of nitrogens with zero attached hydrogens (tertiary/aromatic N) is 4. The van der Waals surface area contributed by atoms with E-state index in [0.717, 1.165) is 12.2 Å². The van der Waals surface area contributed by atoms with Crippen LogP contribution in [0.15, 0.2) is 49.1 Å². The van der Waals surface area contributed by atoms with Crippen molar-refractivity contribution in [2.24, 2.45) is 0 Å². The topological polar surface area (TPSA) is 33.4 Å². The van der Waals surface area contributed by atoms with E-state index < -0.39 is 0 Å². The maximum Gasteiger partial charge on any atom is 0.136 e. The second-order valence-corrected chi connectivity index (χ2v) is 5.56. The number of hydrogen-bond acceptors (Lipinski definition) is 3. The lowest BCUT2D eigenvalue weighted by Gasteiger charge is -2.24. The first-order valence-corrected chi connectivity index (χ1v) is 7.18. The predicted octanol–water partition coefficient (Wildman–Crippen LogP) is 3.23. The van der Waals surface area contributed by atoms with Gasteiger partial charge < -0.3 is 4.40 Å². The Bertz CT molecular complexity index is 733. The molecule has 0 radical (unpaired) electrons. The average molecular weight is 280 g/mol. The molecule has 0 spiro atoms. The molecule has 0 aliphatic heterocycles. The minimum Gasteiger partial charge on any atom is -0.303 e. The molecular formula is C17H20N4. The molecule has 108 valence electrons. The van der Waals surface area contributed by atoms with Crippen LogP contribution in [0.4, 0.5) is 0 Å². The monoisotopic (exact) mass is 280 g/mol. The first-order valence-electron chi connectivity index (χ1n) is 7.18. The van der Waals surface area contributed by atoms with Gasteiger partial charge in [0.05, 0.1) is 11.9 Å². The summed E-state index contributed by atoms with van der Waals surface area (Å²) in [5.74, 6) is 0. The van der Waals surface area contributed by atoms with Crippen LogP contribution in [-0.4, -0.2) is 26.3 Å². The molecule has 0 N–H and O–H groups in total. The fourth-order valence-electron chi connectivity index (χ4n) is 2.54. The zero-order chi connectivity index (χ0) is 14.8. The Morgan fingerprint density at radius 3 is 2.71 bits per heavy atom. The van der Waals surface area contributed by atoms with E-state index >= 15 is 0 Å². The van der Waals surface area contributed by atoms with Crippen molar-refractivity contribution in [2.75, 3.05) is 7.05 Å². The van der Waals surface area contributed by atoms with Gasteiger partial charge in [-0.25, -0.2) is 4.98 Å². The van der Waals surface area contributed by atoms with E-state index in [1.807, 2.05) is 18.6 Å². The summed E-state index contributed by atoms with van der Waals surface area (Å²) in [6.45, 7) is 5.17. The van der Waals surface area contributed by atoms with Gasteiger partial charge in [-0.1, -0.05) is 6.07 Å². The minimum atomic E-state index is 0.336. The van der Waals surface area contributed by atoms with Gasteiger partial charge in [-0.2, -0.15) is 0 Å². The lowest BCUT2D eigenvalue weighted by atomic mass is 10.1. The molecule has 3 aromatic heterocycles. The van der Waals surface area contributed by atoms with Crippen LogP contribution < -0.4 is 0 Å². The number of hydrogen-bond donors (Lipinski definition) is 0. The highest BCUT2D eigenvalue weighted by molar-refractivity contribution is 5.41. The zero-order valence-electron chi connectivity index (χ0n) is 12.7. The summed E-state index contributed by atoms with van der Waals surface area (Å²) in [5, 5.41) is 0. The van der Waals surface area contributed by atoms with Crippen molar-refractivity contribution in [2.45, 2.75) is 26.4 Å². The average Bonchev–Trinajstić information content (AvgIpc) is 2.89. The third-order valence-electron chi connectivity index (χ3n) is 3.99. The molecule has 4 heteroatoms. The Hall–Kier alpha value is -2.20. The Morgan fingerprint density at radius 1 is 1.19 bits per heavy atom. The Labute approximate surface area is 125 Å². The van der Waals surface area contributed by atoms with Crippen LogP contribution in [-0.2, 0) is 6.54 Å². The largest absolute Gasteiger partial charge is 0.303 e. The molecule has 0 saturated heterocycles. The summed E-state index contributed by atoms with van der Waals surface area (Å²) in [6.07, 6.45) is 7.79. The van der Waals surface area contributed by atoms with Crippen molar-refractivity contribution in [3.63, 3.8) is 0 Å². The molecule has 0 aliphatic carbocycles. The van der Waals surface area contributed by atoms with Crippen molar-refractivity contribution < 1.29 is 0 Å². The van der Waals surface area contributed by atoms with Crippen LogP contribution in [0.5, 0.6) is 0 Å². The van der Waals surface area contributed by atoms with E-state index in [0.29, 0.717) is 6.04 Å². The van der Waals surface area contributed by atoms with Crippen molar-refractivity contribution in [1.29, 1.82) is 0 Å². The third-order valence-corrected chi connectivity index (χ3v) is 3.99. The first kappa shape index (κ1) is 13.8. The van der Waals surface area contributed by atoms with Crippen LogP contribution in [0.1, 0.15) is 29.8 Å². The Kier molecular flexibility index (Phi) is 3.71. The SMILES string of the molecule is Cc1ccc2ncc(CN(C)[C@@H](C)c3ccncc3)n2c1. The minimum absolute atomic E-state index is 0.336. The molecule has 0 aliphatic rings. The van der Waals surface area contributed by atoms with Crippen LogP contribution in [0.2, 0.25) is 0 Å². The number of aryl methyl sites for hydroxylation is 1. The van der Waals surface area contributed by atoms with Crippen molar-refractivity contribution in [1.82, 2.24) is 19.3 Å². The molecule has 3 aromatic rings. The van der Waals surface area contributed by atoms with Gasteiger partial charge in [0.1, 0.15) is 5.65 Å². The fourth-order valence-corrected chi connectivity index (χ4v) is 2.54. The highest BCUT2D eigenvalue weighted by Crippen LogP contribution is 2.20. The molecule has 0 amide bonds. The molecule has 3 rings (SSSR count). The Balaban J connectivity index is 1.83. The van der Waals surface area contributed by atoms with E-state index in [9.17, 15) is 0 Å². The number of rotatable bonds is 4. The fraction of sp³-hybridized carbons (Fsp3) is 0.294. The number of imidazole rings is 1. The van der Waals surface area contributed by atoms with Crippen molar-refractivity contribution in [3.8, 4) is 0 Å². The smallest absolute Gasteiger partial charge is 0.136 e. The summed E-state index contributed by atoms with van der Waals surface area (Å²) < 4.78 is 2.17. The lowest BCUT2D eigenvalue weighted by molar-refractivity contribution is 0.249. The van der Waals surface area contributed by atoms with Gasteiger partial charge in [-0.05, 0) is 50.2 Å². The standard InChI is InChI=1S/C17H20N4/c1-13-4-5-17-19-10-16(21(17)11-13)12-20(3)14(2)15-6-8-18-9-7-15/h4-11,14H,12H2,1-3H3/t14-/m0/s1. The van der Waals surface area contributed by atoms with E-state index in [2.05, 4.69) is 70.6 Å². The van der Waals surface area contributed by atoms with Gasteiger partial charge in [-0.15, -0.1) is 0 Å². The first-order chi connectivity index (χ1) is 10.1. The van der Waals surface area contributed by atoms with Crippen molar-refractivity contribution >= 4 is 5.65 Å². The van der Waals surface area contributed by atoms with Gasteiger partial charge in [0.15, 0.2) is 0 Å². The highest BCUT2D eigenvalue weighted by Gasteiger charge is 2.13. The summed E-state index contributed by atoms with van der Waals surface area (Å²) in [7, 11) is 2.14. The van der Waals surface area contributed by atoms with E-state index in [4.69, 9.17) is 0 Å². The number of aromatic nitrogens is 3. The second-order valence-electron chi connectivity index (χ2n) is 5.56. The van der Waals surface area contributed by atoms with Gasteiger partial charge in [0.25, 0.3) is 0 Å². The molecule has 0 saturated carbocycles. The van der Waals surface area contributed by atoms with Crippen LogP contribution in [0.3, 0.4) is 0 Å². The van der Waals surface area contributed by atoms with E-state index in [1.165, 1.54) is 16.8 Å². The molecule has 3 heterocycles. The normalized spacial score (nSPS) is 13.0. The number of pyridine rings is 2. The molecule has 0 bridgehead atoms. The highest BCUT2D eigenvalue weighted by atomic mass is 15.1. The molecule has 1 atom stereocenters. The van der Waals surface area contributed by atoms with Gasteiger partial charge in [-0.3, -0.25) is 9.88 Å². The maximum atomic E-state index is 4.47. The van der Waals surface area contributed by atoms with Crippen molar-refractivity contribution in [3.05, 3.63) is 65.9 Å². The summed E-state index contributed by atoms with van der Waals surface area (Å²) in [4.78, 5) is 10.9.